The van der Waals surface area contributed by atoms with Gasteiger partial charge in [-0.2, -0.15) is 10.2 Å². The van der Waals surface area contributed by atoms with Gasteiger partial charge in [-0.05, 0) is 186 Å². The molecule has 14 heteroatoms. The van der Waals surface area contributed by atoms with Crippen molar-refractivity contribution in [3.05, 3.63) is 226 Å². The fraction of sp³-hybridized carbons (Fsp3) is 0.233. The van der Waals surface area contributed by atoms with Gasteiger partial charge in [0.25, 0.3) is 0 Å². The molecule has 4 aromatic carbocycles. The third kappa shape index (κ3) is 9.19. The minimum Gasteiger partial charge on any atom is -0.291 e. The summed E-state index contributed by atoms with van der Waals surface area (Å²) in [4.78, 5) is 38.6. The number of aryl methyl sites for hydroxylation is 2. The maximum atomic E-state index is 14.2. The molecule has 4 heterocycles. The molecule has 0 N–H and O–H groups in total. The van der Waals surface area contributed by atoms with Crippen molar-refractivity contribution >= 4 is 45.3 Å². The second-order valence-electron chi connectivity index (χ2n) is 19.9. The number of allylic oxidation sites excluding steroid dienone is 2. The number of Topliss-reactive ketones (excluding diaryl/α,β-unsaturated/α-hetero) is 2. The Kier molecular flexibility index (Phi) is 13.1. The third-order valence-electron chi connectivity index (χ3n) is 15.2. The molecule has 0 radical (unpaired) electrons. The summed E-state index contributed by atoms with van der Waals surface area (Å²) in [6.07, 6.45) is 15.5. The first-order valence-corrected chi connectivity index (χ1v) is 27.3. The van der Waals surface area contributed by atoms with Crippen LogP contribution in [0.1, 0.15) is 93.1 Å². The first-order valence-electron chi connectivity index (χ1n) is 24.8. The van der Waals surface area contributed by atoms with Crippen molar-refractivity contribution in [3.8, 4) is 11.4 Å². The Balaban J connectivity index is 0.000000159. The van der Waals surface area contributed by atoms with E-state index in [2.05, 4.69) is 57.4 Å². The van der Waals surface area contributed by atoms with Crippen LogP contribution < -0.4 is 0 Å². The lowest BCUT2D eigenvalue weighted by molar-refractivity contribution is 0.0791. The van der Waals surface area contributed by atoms with Gasteiger partial charge in [0.1, 0.15) is 23.0 Å². The Morgan fingerprint density at radius 3 is 1.55 bits per heavy atom. The number of thioether (sulfide) groups is 1. The SMILES string of the molecule is Cc1ccc(S(=O)(=O)[C@@H]2CCC3=Cc4c(cnn4-c4ccc(F)cc4)C[C@]3(C(=O)c3ccccn3)C2)cc1.Cc1ccc(S[C@@H]2CCC3=Cc4c(cnn4-c4ccc(F)cc4)C[C@]3(C(=O)c3ccccn3)C2)cc1. The lowest BCUT2D eigenvalue weighted by Gasteiger charge is -2.43. The van der Waals surface area contributed by atoms with Crippen molar-refractivity contribution in [1.82, 2.24) is 29.5 Å². The maximum absolute atomic E-state index is 14.2. The number of aromatic nitrogens is 6. The molecule has 8 aromatic rings. The lowest BCUT2D eigenvalue weighted by Crippen LogP contribution is -2.45. The third-order valence-corrected chi connectivity index (χ3v) is 18.6. The van der Waals surface area contributed by atoms with Crippen LogP contribution in [0.15, 0.2) is 179 Å². The van der Waals surface area contributed by atoms with Crippen LogP contribution in [0.4, 0.5) is 8.78 Å². The molecule has 0 spiro atoms. The van der Waals surface area contributed by atoms with Crippen molar-refractivity contribution in [3.63, 3.8) is 0 Å². The molecule has 0 unspecified atom stereocenters. The van der Waals surface area contributed by atoms with Gasteiger partial charge in [-0.3, -0.25) is 19.6 Å². The summed E-state index contributed by atoms with van der Waals surface area (Å²) in [5, 5.41) is 8.80. The molecule has 4 aromatic heterocycles. The van der Waals surface area contributed by atoms with E-state index < -0.39 is 25.9 Å². The van der Waals surface area contributed by atoms with E-state index in [4.69, 9.17) is 0 Å². The average Bonchev–Trinajstić information content (AvgIpc) is 4.04. The van der Waals surface area contributed by atoms with Crippen molar-refractivity contribution in [2.75, 3.05) is 0 Å². The van der Waals surface area contributed by atoms with Gasteiger partial charge in [-0.15, -0.1) is 11.8 Å². The van der Waals surface area contributed by atoms with Crippen LogP contribution >= 0.6 is 11.8 Å². The molecule has 10 nitrogen and oxygen atoms in total. The number of nitrogens with zero attached hydrogens (tertiary/aromatic N) is 6. The number of fused-ring (bicyclic) bond motifs is 4. The summed E-state index contributed by atoms with van der Waals surface area (Å²) in [6, 6.07) is 38.7. The zero-order chi connectivity index (χ0) is 51.2. The number of sulfone groups is 1. The second-order valence-corrected chi connectivity index (χ2v) is 23.5. The zero-order valence-corrected chi connectivity index (χ0v) is 42.5. The van der Waals surface area contributed by atoms with Crippen molar-refractivity contribution < 1.29 is 26.8 Å². The van der Waals surface area contributed by atoms with Crippen molar-refractivity contribution in [1.29, 1.82) is 0 Å². The highest BCUT2D eigenvalue weighted by atomic mass is 32.2. The molecule has 0 aliphatic heterocycles. The highest BCUT2D eigenvalue weighted by Gasteiger charge is 2.53. The number of hydrogen-bond acceptors (Lipinski definition) is 9. The smallest absolute Gasteiger partial charge is 0.191 e. The van der Waals surface area contributed by atoms with Crippen LogP contribution in [0.3, 0.4) is 0 Å². The molecule has 0 bridgehead atoms. The molecule has 372 valence electrons. The van der Waals surface area contributed by atoms with E-state index in [-0.39, 0.29) is 34.5 Å². The molecule has 0 amide bonds. The largest absolute Gasteiger partial charge is 0.291 e. The minimum absolute atomic E-state index is 0.0868. The summed E-state index contributed by atoms with van der Waals surface area (Å²) < 4.78 is 58.1. The van der Waals surface area contributed by atoms with Crippen LogP contribution in [-0.2, 0) is 22.7 Å². The fourth-order valence-electron chi connectivity index (χ4n) is 11.3. The first kappa shape index (κ1) is 48.8. The van der Waals surface area contributed by atoms with Gasteiger partial charge in [0, 0.05) is 22.5 Å². The van der Waals surface area contributed by atoms with Gasteiger partial charge in [0.05, 0.1) is 56.1 Å². The van der Waals surface area contributed by atoms with E-state index in [0.29, 0.717) is 48.0 Å². The standard InChI is InChI=1S/C30H26FN3O3S.C30H26FN3OS/c1-20-5-12-25(13-6-20)38(36,37)26-14-7-22-16-28-21(19-33-34(28)24-10-8-23(31)9-11-24)17-30(22,18-26)29(35)27-4-2-3-15-32-27;1-20-5-12-25(13-6-20)36-26-14-7-22-16-28-21(19-33-34(28)24-10-8-23(31)9-11-24)17-30(22,18-26)29(35)27-4-2-3-15-32-27/h2-6,8-13,15-16,19,26H,7,14,17-18H2,1H3;2-6,8-13,15-16,19,26H,7,14,17-18H2,1H3/t2*26-,30+/m11/s1. The molecule has 0 saturated heterocycles. The molecule has 12 rings (SSSR count). The van der Waals surface area contributed by atoms with E-state index in [1.807, 2.05) is 53.8 Å². The summed E-state index contributed by atoms with van der Waals surface area (Å²) >= 11 is 1.87. The molecular weight excluding hydrogens is 971 g/mol. The Morgan fingerprint density at radius 1 is 0.595 bits per heavy atom. The van der Waals surface area contributed by atoms with E-state index in [0.717, 1.165) is 64.2 Å². The maximum Gasteiger partial charge on any atom is 0.191 e. The minimum atomic E-state index is -3.66. The number of carbonyl (C=O) groups excluding carboxylic acids is 2. The molecule has 74 heavy (non-hydrogen) atoms. The number of pyridine rings is 2. The van der Waals surface area contributed by atoms with Crippen LogP contribution in [-0.4, -0.2) is 60.0 Å². The van der Waals surface area contributed by atoms with E-state index >= 15 is 0 Å². The number of rotatable bonds is 10. The summed E-state index contributed by atoms with van der Waals surface area (Å²) in [5.41, 5.74) is 8.62. The van der Waals surface area contributed by atoms with Gasteiger partial charge < -0.3 is 0 Å². The number of ketones is 2. The molecule has 4 aliphatic carbocycles. The Hall–Kier alpha value is -7.42. The van der Waals surface area contributed by atoms with Crippen molar-refractivity contribution in [2.45, 2.75) is 85.5 Å². The Labute approximate surface area is 433 Å². The zero-order valence-electron chi connectivity index (χ0n) is 40.9. The first-order chi connectivity index (χ1) is 35.8. The van der Waals surface area contributed by atoms with Gasteiger partial charge in [-0.1, -0.05) is 58.7 Å². The predicted molar refractivity (Wildman–Crippen MR) is 283 cm³/mol. The van der Waals surface area contributed by atoms with Crippen LogP contribution in [0.5, 0.6) is 0 Å². The monoisotopic (exact) mass is 1020 g/mol. The number of benzene rings is 4. The van der Waals surface area contributed by atoms with E-state index in [1.165, 1.54) is 34.7 Å². The Bertz CT molecular complexity index is 3580. The molecule has 2 saturated carbocycles. The van der Waals surface area contributed by atoms with E-state index in [9.17, 15) is 26.8 Å². The molecule has 4 aliphatic rings. The second kappa shape index (κ2) is 19.8. The summed E-state index contributed by atoms with van der Waals surface area (Å²) in [5.74, 6) is -0.694. The fourth-order valence-corrected chi connectivity index (χ4v) is 14.4. The normalized spacial score (nSPS) is 20.8. The highest BCUT2D eigenvalue weighted by Crippen LogP contribution is 2.54. The predicted octanol–water partition coefficient (Wildman–Crippen LogP) is 12.4. The van der Waals surface area contributed by atoms with E-state index in [1.54, 1.807) is 90.0 Å². The van der Waals surface area contributed by atoms with Gasteiger partial charge in [0.2, 0.25) is 0 Å². The molecular formula is C60H52F2N6O4S2. The summed E-state index contributed by atoms with van der Waals surface area (Å²) in [7, 11) is -3.66. The van der Waals surface area contributed by atoms with Gasteiger partial charge >= 0.3 is 0 Å². The van der Waals surface area contributed by atoms with Crippen molar-refractivity contribution in [2.24, 2.45) is 10.8 Å². The summed E-state index contributed by atoms with van der Waals surface area (Å²) in [6.45, 7) is 4.01. The number of carbonyl (C=O) groups is 2. The topological polar surface area (TPSA) is 130 Å². The Morgan fingerprint density at radius 2 is 1.07 bits per heavy atom. The molecule has 2 fully saturated rings. The van der Waals surface area contributed by atoms with Gasteiger partial charge in [-0.25, -0.2) is 26.6 Å². The van der Waals surface area contributed by atoms with Gasteiger partial charge in [0.15, 0.2) is 21.4 Å². The lowest BCUT2D eigenvalue weighted by atomic mass is 9.61. The quantitative estimate of drug-likeness (QED) is 0.123. The van der Waals surface area contributed by atoms with Crippen LogP contribution in [0.25, 0.3) is 23.5 Å². The molecule has 4 atom stereocenters. The van der Waals surface area contributed by atoms with Crippen LogP contribution in [0.2, 0.25) is 0 Å². The number of hydrogen-bond donors (Lipinski definition) is 0. The van der Waals surface area contributed by atoms with Crippen LogP contribution in [0, 0.1) is 36.3 Å². The highest BCUT2D eigenvalue weighted by molar-refractivity contribution is 8.00. The number of halogens is 2. The average molecular weight is 1020 g/mol.